The van der Waals surface area contributed by atoms with E-state index in [0.717, 1.165) is 12.1 Å². The van der Waals surface area contributed by atoms with E-state index in [1.54, 1.807) is 19.0 Å². The summed E-state index contributed by atoms with van der Waals surface area (Å²) in [4.78, 5) is 13.7. The lowest BCUT2D eigenvalue weighted by atomic mass is 9.93. The fourth-order valence-corrected chi connectivity index (χ4v) is 2.77. The first-order valence-corrected chi connectivity index (χ1v) is 7.81. The lowest BCUT2D eigenvalue weighted by Crippen LogP contribution is -2.41. The van der Waals surface area contributed by atoms with Crippen molar-refractivity contribution >= 4 is 17.4 Å². The number of alkyl halides is 3. The normalized spacial score (nSPS) is 21.2. The number of urea groups is 1. The summed E-state index contributed by atoms with van der Waals surface area (Å²) in [7, 11) is 3.38. The molecule has 1 aromatic rings. The maximum absolute atomic E-state index is 12.9. The number of rotatable bonds is 3. The number of aliphatic hydroxyl groups excluding tert-OH is 1. The van der Waals surface area contributed by atoms with Crippen LogP contribution < -0.4 is 15.5 Å². The van der Waals surface area contributed by atoms with Crippen LogP contribution in [0.15, 0.2) is 18.2 Å². The quantitative estimate of drug-likeness (QED) is 0.788. The second kappa shape index (κ2) is 7.29. The standard InChI is InChI=1S/C16H22F3N3O2/c1-22(2)14-8-3-10(16(17,18)19)9-13(14)21-15(24)20-11-4-6-12(23)7-5-11/h3,8-9,11-12,23H,4-7H2,1-2H3,(H2,20,21,24). The van der Waals surface area contributed by atoms with Crippen molar-refractivity contribution in [1.82, 2.24) is 5.32 Å². The molecule has 1 aliphatic rings. The number of halogens is 3. The molecule has 0 atom stereocenters. The third kappa shape index (κ3) is 4.77. The van der Waals surface area contributed by atoms with E-state index in [2.05, 4.69) is 10.6 Å². The molecule has 1 fully saturated rings. The molecule has 0 spiro atoms. The van der Waals surface area contributed by atoms with Crippen molar-refractivity contribution < 1.29 is 23.1 Å². The van der Waals surface area contributed by atoms with Crippen molar-refractivity contribution in [3.63, 3.8) is 0 Å². The summed E-state index contributed by atoms with van der Waals surface area (Å²) in [5.74, 6) is 0. The summed E-state index contributed by atoms with van der Waals surface area (Å²) >= 11 is 0. The minimum absolute atomic E-state index is 0.0815. The molecular formula is C16H22F3N3O2. The molecule has 134 valence electrons. The Balaban J connectivity index is 2.10. The molecule has 0 bridgehead atoms. The Labute approximate surface area is 138 Å². The van der Waals surface area contributed by atoms with Crippen LogP contribution in [0.3, 0.4) is 0 Å². The van der Waals surface area contributed by atoms with Gasteiger partial charge in [0.25, 0.3) is 0 Å². The van der Waals surface area contributed by atoms with E-state index in [9.17, 15) is 23.1 Å². The zero-order valence-electron chi connectivity index (χ0n) is 13.7. The molecule has 2 rings (SSSR count). The fourth-order valence-electron chi connectivity index (χ4n) is 2.77. The molecule has 2 amide bonds. The van der Waals surface area contributed by atoms with Gasteiger partial charge >= 0.3 is 12.2 Å². The highest BCUT2D eigenvalue weighted by atomic mass is 19.4. The average Bonchev–Trinajstić information content (AvgIpc) is 2.48. The first-order chi connectivity index (χ1) is 11.2. The Morgan fingerprint density at radius 1 is 1.21 bits per heavy atom. The van der Waals surface area contributed by atoms with Crippen molar-refractivity contribution in [2.45, 2.75) is 44.0 Å². The van der Waals surface area contributed by atoms with Gasteiger partial charge in [0.05, 0.1) is 23.0 Å². The van der Waals surface area contributed by atoms with Crippen LogP contribution in [0.2, 0.25) is 0 Å². The van der Waals surface area contributed by atoms with Crippen LogP contribution in [-0.4, -0.2) is 37.4 Å². The van der Waals surface area contributed by atoms with Crippen LogP contribution in [-0.2, 0) is 6.18 Å². The van der Waals surface area contributed by atoms with Gasteiger partial charge in [-0.1, -0.05) is 0 Å². The van der Waals surface area contributed by atoms with Gasteiger partial charge in [0.1, 0.15) is 0 Å². The lowest BCUT2D eigenvalue weighted by molar-refractivity contribution is -0.137. The van der Waals surface area contributed by atoms with Crippen molar-refractivity contribution in [2.75, 3.05) is 24.3 Å². The average molecular weight is 345 g/mol. The minimum Gasteiger partial charge on any atom is -0.393 e. The van der Waals surface area contributed by atoms with E-state index in [1.807, 2.05) is 0 Å². The molecule has 3 N–H and O–H groups in total. The number of carbonyl (C=O) groups is 1. The first-order valence-electron chi connectivity index (χ1n) is 7.81. The van der Waals surface area contributed by atoms with E-state index in [-0.39, 0.29) is 17.8 Å². The molecule has 0 unspecified atom stereocenters. The van der Waals surface area contributed by atoms with Gasteiger partial charge in [-0.2, -0.15) is 13.2 Å². The lowest BCUT2D eigenvalue weighted by Gasteiger charge is -2.27. The largest absolute Gasteiger partial charge is 0.416 e. The highest BCUT2D eigenvalue weighted by molar-refractivity contribution is 5.93. The number of amides is 2. The van der Waals surface area contributed by atoms with E-state index in [0.29, 0.717) is 31.4 Å². The van der Waals surface area contributed by atoms with Crippen molar-refractivity contribution in [3.8, 4) is 0 Å². The van der Waals surface area contributed by atoms with Crippen LogP contribution in [0, 0.1) is 0 Å². The number of hydrogen-bond acceptors (Lipinski definition) is 3. The highest BCUT2D eigenvalue weighted by Gasteiger charge is 2.31. The van der Waals surface area contributed by atoms with Gasteiger partial charge in [-0.25, -0.2) is 4.79 Å². The molecular weight excluding hydrogens is 323 g/mol. The van der Waals surface area contributed by atoms with Crippen LogP contribution in [0.25, 0.3) is 0 Å². The van der Waals surface area contributed by atoms with Gasteiger partial charge in [0.2, 0.25) is 0 Å². The summed E-state index contributed by atoms with van der Waals surface area (Å²) < 4.78 is 38.6. The second-order valence-electron chi connectivity index (χ2n) is 6.23. The zero-order valence-corrected chi connectivity index (χ0v) is 13.7. The second-order valence-corrected chi connectivity index (χ2v) is 6.23. The third-order valence-corrected chi connectivity index (χ3v) is 4.09. The van der Waals surface area contributed by atoms with Gasteiger partial charge < -0.3 is 20.6 Å². The predicted octanol–water partition coefficient (Wildman–Crippen LogP) is 3.20. The molecule has 1 saturated carbocycles. The maximum Gasteiger partial charge on any atom is 0.416 e. The fraction of sp³-hybridized carbons (Fsp3) is 0.562. The Morgan fingerprint density at radius 2 is 1.83 bits per heavy atom. The molecule has 1 aliphatic carbocycles. The SMILES string of the molecule is CN(C)c1ccc(C(F)(F)F)cc1NC(=O)NC1CCC(O)CC1. The van der Waals surface area contributed by atoms with E-state index >= 15 is 0 Å². The molecule has 24 heavy (non-hydrogen) atoms. The minimum atomic E-state index is -4.47. The van der Waals surface area contributed by atoms with Crippen LogP contribution in [0.4, 0.5) is 29.3 Å². The molecule has 0 heterocycles. The molecule has 0 radical (unpaired) electrons. The number of anilines is 2. The summed E-state index contributed by atoms with van der Waals surface area (Å²) in [6, 6.07) is 2.62. The van der Waals surface area contributed by atoms with E-state index in [1.165, 1.54) is 6.07 Å². The molecule has 0 saturated heterocycles. The first kappa shape index (κ1) is 18.4. The number of hydrogen-bond donors (Lipinski definition) is 3. The van der Waals surface area contributed by atoms with Crippen molar-refractivity contribution in [1.29, 1.82) is 0 Å². The smallest absolute Gasteiger partial charge is 0.393 e. The van der Waals surface area contributed by atoms with Gasteiger partial charge in [-0.15, -0.1) is 0 Å². The van der Waals surface area contributed by atoms with Crippen LogP contribution >= 0.6 is 0 Å². The summed E-state index contributed by atoms with van der Waals surface area (Å²) in [5.41, 5.74) is -0.232. The van der Waals surface area contributed by atoms with Gasteiger partial charge in [0, 0.05) is 20.1 Å². The molecule has 0 aliphatic heterocycles. The molecule has 1 aromatic carbocycles. The van der Waals surface area contributed by atoms with Crippen LogP contribution in [0.5, 0.6) is 0 Å². The zero-order chi connectivity index (χ0) is 17.9. The van der Waals surface area contributed by atoms with Crippen molar-refractivity contribution in [2.24, 2.45) is 0 Å². The molecule has 0 aromatic heterocycles. The highest BCUT2D eigenvalue weighted by Crippen LogP contribution is 2.34. The maximum atomic E-state index is 12.9. The predicted molar refractivity (Wildman–Crippen MR) is 86.2 cm³/mol. The number of aliphatic hydroxyl groups is 1. The van der Waals surface area contributed by atoms with Gasteiger partial charge in [-0.05, 0) is 43.9 Å². The van der Waals surface area contributed by atoms with Gasteiger partial charge in [-0.3, -0.25) is 0 Å². The molecule has 8 heteroatoms. The molecule has 5 nitrogen and oxygen atoms in total. The van der Waals surface area contributed by atoms with E-state index < -0.39 is 17.8 Å². The third-order valence-electron chi connectivity index (χ3n) is 4.09. The van der Waals surface area contributed by atoms with Crippen LogP contribution in [0.1, 0.15) is 31.2 Å². The summed E-state index contributed by atoms with van der Waals surface area (Å²) in [5, 5.41) is 14.7. The number of nitrogens with one attached hydrogen (secondary N) is 2. The topological polar surface area (TPSA) is 64.6 Å². The summed E-state index contributed by atoms with van der Waals surface area (Å²) in [6.07, 6.45) is -2.29. The summed E-state index contributed by atoms with van der Waals surface area (Å²) in [6.45, 7) is 0. The Kier molecular flexibility index (Phi) is 5.58. The van der Waals surface area contributed by atoms with Crippen molar-refractivity contribution in [3.05, 3.63) is 23.8 Å². The Bertz CT molecular complexity index is 582. The van der Waals surface area contributed by atoms with Gasteiger partial charge in [0.15, 0.2) is 0 Å². The van der Waals surface area contributed by atoms with E-state index in [4.69, 9.17) is 0 Å². The Hall–Kier alpha value is -1.96. The number of carbonyl (C=O) groups excluding carboxylic acids is 1. The number of benzene rings is 1. The monoisotopic (exact) mass is 345 g/mol. The Morgan fingerprint density at radius 3 is 2.38 bits per heavy atom. The number of nitrogens with zero attached hydrogens (tertiary/aromatic N) is 1.